The average molecular weight is 328 g/mol. The van der Waals surface area contributed by atoms with Gasteiger partial charge in [-0.1, -0.05) is 19.1 Å². The fourth-order valence-corrected chi connectivity index (χ4v) is 2.13. The molecule has 0 bridgehead atoms. The third-order valence-corrected chi connectivity index (χ3v) is 3.57. The summed E-state index contributed by atoms with van der Waals surface area (Å²) in [6.07, 6.45) is 1.01. The Hall–Kier alpha value is -2.69. The molecule has 0 atom stereocenters. The van der Waals surface area contributed by atoms with Gasteiger partial charge in [-0.15, -0.1) is 0 Å². The molecule has 0 spiro atoms. The fourth-order valence-electron chi connectivity index (χ4n) is 2.13. The maximum Gasteiger partial charge on any atom is 0.239 e. The van der Waals surface area contributed by atoms with Gasteiger partial charge in [-0.3, -0.25) is 4.79 Å². The lowest BCUT2D eigenvalue weighted by molar-refractivity contribution is -0.119. The van der Waals surface area contributed by atoms with Crippen LogP contribution in [0.15, 0.2) is 48.5 Å². The largest absolute Gasteiger partial charge is 0.497 e. The minimum absolute atomic E-state index is 0.0621. The first-order valence-corrected chi connectivity index (χ1v) is 8.07. The van der Waals surface area contributed by atoms with E-state index in [4.69, 9.17) is 9.47 Å². The summed E-state index contributed by atoms with van der Waals surface area (Å²) in [7, 11) is 1.62. The van der Waals surface area contributed by atoms with Gasteiger partial charge in [-0.2, -0.15) is 0 Å². The second-order valence-corrected chi connectivity index (χ2v) is 5.28. The van der Waals surface area contributed by atoms with Crippen LogP contribution in [0.2, 0.25) is 0 Å². The third kappa shape index (κ3) is 5.83. The Balaban J connectivity index is 1.62. The molecule has 0 aromatic heterocycles. The molecule has 0 aliphatic carbocycles. The lowest BCUT2D eigenvalue weighted by Gasteiger charge is -2.10. The van der Waals surface area contributed by atoms with Crippen molar-refractivity contribution < 1.29 is 14.3 Å². The van der Waals surface area contributed by atoms with Gasteiger partial charge in [0.05, 0.1) is 20.2 Å². The number of hydrogen-bond acceptors (Lipinski definition) is 4. The smallest absolute Gasteiger partial charge is 0.239 e. The Labute approximate surface area is 143 Å². The van der Waals surface area contributed by atoms with Crippen LogP contribution >= 0.6 is 0 Å². The number of ether oxygens (including phenoxy) is 2. The normalized spacial score (nSPS) is 10.1. The molecular formula is C19H24N2O3. The summed E-state index contributed by atoms with van der Waals surface area (Å²) in [5.41, 5.74) is 2.22. The zero-order valence-electron chi connectivity index (χ0n) is 14.2. The summed E-state index contributed by atoms with van der Waals surface area (Å²) in [5.74, 6) is 1.47. The molecule has 24 heavy (non-hydrogen) atoms. The molecule has 0 radical (unpaired) electrons. The van der Waals surface area contributed by atoms with Crippen molar-refractivity contribution in [3.8, 4) is 11.5 Å². The molecule has 128 valence electrons. The molecule has 2 aromatic rings. The van der Waals surface area contributed by atoms with Crippen LogP contribution in [0.1, 0.15) is 12.5 Å². The number of anilines is 1. The van der Waals surface area contributed by atoms with Gasteiger partial charge >= 0.3 is 0 Å². The monoisotopic (exact) mass is 328 g/mol. The highest BCUT2D eigenvalue weighted by Crippen LogP contribution is 2.16. The zero-order chi connectivity index (χ0) is 17.2. The topological polar surface area (TPSA) is 59.6 Å². The molecular weight excluding hydrogens is 304 g/mol. The van der Waals surface area contributed by atoms with Crippen LogP contribution in [0, 0.1) is 0 Å². The molecule has 0 saturated heterocycles. The molecule has 0 heterocycles. The summed E-state index contributed by atoms with van der Waals surface area (Å²) in [6, 6.07) is 15.4. The SMILES string of the molecule is CCc1ccc(NCC(=O)NCCOc2ccc(OC)cc2)cc1. The van der Waals surface area contributed by atoms with E-state index in [0.29, 0.717) is 13.2 Å². The second kappa shape index (κ2) is 9.45. The third-order valence-electron chi connectivity index (χ3n) is 3.57. The molecule has 0 saturated carbocycles. The van der Waals surface area contributed by atoms with Gasteiger partial charge in [-0.05, 0) is 48.4 Å². The van der Waals surface area contributed by atoms with Crippen molar-refractivity contribution in [2.45, 2.75) is 13.3 Å². The standard InChI is InChI=1S/C19H24N2O3/c1-3-15-4-6-16(7-5-15)21-14-19(22)20-12-13-24-18-10-8-17(23-2)9-11-18/h4-11,21H,3,12-14H2,1-2H3,(H,20,22). The Bertz CT molecular complexity index is 624. The van der Waals surface area contributed by atoms with Gasteiger partial charge in [0, 0.05) is 5.69 Å². The highest BCUT2D eigenvalue weighted by atomic mass is 16.5. The first-order chi connectivity index (χ1) is 11.7. The van der Waals surface area contributed by atoms with Crippen molar-refractivity contribution in [3.05, 3.63) is 54.1 Å². The number of carbonyl (C=O) groups is 1. The summed E-state index contributed by atoms with van der Waals surface area (Å²) >= 11 is 0. The predicted molar refractivity (Wildman–Crippen MR) is 95.8 cm³/mol. The van der Waals surface area contributed by atoms with Crippen molar-refractivity contribution in [3.63, 3.8) is 0 Å². The van der Waals surface area contributed by atoms with Crippen molar-refractivity contribution in [2.24, 2.45) is 0 Å². The molecule has 0 aliphatic heterocycles. The Kier molecular flexibility index (Phi) is 6.95. The molecule has 2 aromatic carbocycles. The van der Waals surface area contributed by atoms with Crippen LogP contribution in [0.5, 0.6) is 11.5 Å². The van der Waals surface area contributed by atoms with E-state index in [0.717, 1.165) is 23.6 Å². The second-order valence-electron chi connectivity index (χ2n) is 5.28. The van der Waals surface area contributed by atoms with Gasteiger partial charge in [0.15, 0.2) is 0 Å². The number of methoxy groups -OCH3 is 1. The van der Waals surface area contributed by atoms with E-state index >= 15 is 0 Å². The van der Waals surface area contributed by atoms with Crippen LogP contribution in [-0.4, -0.2) is 32.7 Å². The van der Waals surface area contributed by atoms with Crippen LogP contribution in [-0.2, 0) is 11.2 Å². The van der Waals surface area contributed by atoms with Crippen molar-refractivity contribution in [1.29, 1.82) is 0 Å². The van der Waals surface area contributed by atoms with Gasteiger partial charge < -0.3 is 20.1 Å². The van der Waals surface area contributed by atoms with Gasteiger partial charge in [0.2, 0.25) is 5.91 Å². The Morgan fingerprint density at radius 3 is 2.29 bits per heavy atom. The molecule has 1 amide bonds. The van der Waals surface area contributed by atoms with E-state index in [1.54, 1.807) is 7.11 Å². The van der Waals surface area contributed by atoms with Crippen molar-refractivity contribution in [2.75, 3.05) is 32.1 Å². The van der Waals surface area contributed by atoms with E-state index in [9.17, 15) is 4.79 Å². The number of amides is 1. The number of nitrogens with one attached hydrogen (secondary N) is 2. The van der Waals surface area contributed by atoms with Crippen LogP contribution in [0.4, 0.5) is 5.69 Å². The van der Waals surface area contributed by atoms with Gasteiger partial charge in [0.1, 0.15) is 18.1 Å². The fraction of sp³-hybridized carbons (Fsp3) is 0.316. The molecule has 0 fully saturated rings. The van der Waals surface area contributed by atoms with Gasteiger partial charge in [0.25, 0.3) is 0 Å². The minimum atomic E-state index is -0.0621. The summed E-state index contributed by atoms with van der Waals surface area (Å²) in [5, 5.41) is 5.92. The van der Waals surface area contributed by atoms with Crippen LogP contribution in [0.25, 0.3) is 0 Å². The van der Waals surface area contributed by atoms with Crippen LogP contribution < -0.4 is 20.1 Å². The van der Waals surface area contributed by atoms with Crippen molar-refractivity contribution >= 4 is 11.6 Å². The lowest BCUT2D eigenvalue weighted by atomic mass is 10.1. The maximum atomic E-state index is 11.8. The van der Waals surface area contributed by atoms with E-state index in [-0.39, 0.29) is 12.5 Å². The van der Waals surface area contributed by atoms with E-state index < -0.39 is 0 Å². The summed E-state index contributed by atoms with van der Waals surface area (Å²) in [4.78, 5) is 11.8. The molecule has 2 rings (SSSR count). The minimum Gasteiger partial charge on any atom is -0.497 e. The first-order valence-electron chi connectivity index (χ1n) is 8.07. The summed E-state index contributed by atoms with van der Waals surface area (Å²) < 4.78 is 10.6. The predicted octanol–water partition coefficient (Wildman–Crippen LogP) is 2.86. The molecule has 0 aliphatic rings. The van der Waals surface area contributed by atoms with Crippen molar-refractivity contribution in [1.82, 2.24) is 5.32 Å². The highest BCUT2D eigenvalue weighted by Gasteiger charge is 2.01. The number of rotatable bonds is 9. The molecule has 0 unspecified atom stereocenters. The average Bonchev–Trinajstić information content (AvgIpc) is 2.64. The number of carbonyl (C=O) groups excluding carboxylic acids is 1. The number of benzene rings is 2. The number of hydrogen-bond donors (Lipinski definition) is 2. The van der Waals surface area contributed by atoms with E-state index in [1.807, 2.05) is 36.4 Å². The molecule has 5 nitrogen and oxygen atoms in total. The maximum absolute atomic E-state index is 11.8. The van der Waals surface area contributed by atoms with E-state index in [1.165, 1.54) is 5.56 Å². The van der Waals surface area contributed by atoms with E-state index in [2.05, 4.69) is 29.7 Å². The van der Waals surface area contributed by atoms with Gasteiger partial charge in [-0.25, -0.2) is 0 Å². The first kappa shape index (κ1) is 17.7. The Morgan fingerprint density at radius 2 is 1.67 bits per heavy atom. The quantitative estimate of drug-likeness (QED) is 0.695. The Morgan fingerprint density at radius 1 is 1.00 bits per heavy atom. The summed E-state index contributed by atoms with van der Waals surface area (Å²) in [6.45, 7) is 3.24. The van der Waals surface area contributed by atoms with Crippen LogP contribution in [0.3, 0.4) is 0 Å². The molecule has 5 heteroatoms. The zero-order valence-corrected chi connectivity index (χ0v) is 14.2. The highest BCUT2D eigenvalue weighted by molar-refractivity contribution is 5.80. The molecule has 2 N–H and O–H groups in total. The lowest BCUT2D eigenvalue weighted by Crippen LogP contribution is -2.33. The number of aryl methyl sites for hydroxylation is 1.